The van der Waals surface area contributed by atoms with Crippen LogP contribution in [0.1, 0.15) is 63.5 Å². The van der Waals surface area contributed by atoms with Gasteiger partial charge in [-0.1, -0.05) is 75.7 Å². The van der Waals surface area contributed by atoms with E-state index in [2.05, 4.69) is 81.1 Å². The third kappa shape index (κ3) is 21.6. The third-order valence-electron chi connectivity index (χ3n) is 9.30. The van der Waals surface area contributed by atoms with Crippen molar-refractivity contribution in [3.05, 3.63) is 114 Å². The second kappa shape index (κ2) is 31.4. The first-order chi connectivity index (χ1) is 28.8. The number of allylic oxidation sites excluding steroid dienone is 4. The minimum absolute atomic E-state index is 0. The smallest absolute Gasteiger partial charge is 0.274 e. The molecule has 16 heteroatoms. The second-order valence-corrected chi connectivity index (χ2v) is 13.9. The summed E-state index contributed by atoms with van der Waals surface area (Å²) in [5.41, 5.74) is 8.75. The molecule has 2 aromatic rings. The van der Waals surface area contributed by atoms with Gasteiger partial charge < -0.3 is 41.0 Å². The number of anilines is 2. The number of nitrogens with one attached hydrogen (secondary N) is 4. The quantitative estimate of drug-likeness (QED) is 0.0268. The van der Waals surface area contributed by atoms with Crippen molar-refractivity contribution >= 4 is 58.8 Å². The predicted molar refractivity (Wildman–Crippen MR) is 253 cm³/mol. The maximum atomic E-state index is 13.1. The number of hydrogen-bond donors (Lipinski definition) is 5. The maximum Gasteiger partial charge on any atom is 0.274 e. The van der Waals surface area contributed by atoms with Crippen LogP contribution in [0.15, 0.2) is 103 Å². The summed E-state index contributed by atoms with van der Waals surface area (Å²) in [6.45, 7) is 25.0. The molecule has 3 amide bonds. The zero-order chi connectivity index (χ0) is 44.9. The second-order valence-electron chi connectivity index (χ2n) is 13.5. The van der Waals surface area contributed by atoms with Crippen molar-refractivity contribution < 1.29 is 28.3 Å². The van der Waals surface area contributed by atoms with E-state index in [1.807, 2.05) is 37.3 Å². The normalized spacial score (nSPS) is 15.8. The highest BCUT2D eigenvalue weighted by atomic mass is 35.5. The number of amides is 3. The standard InChI is InChI=1S/C30H41ClN8O3.C13H19NO2.CH3Cl.CH4/c1-5-34-17-21(3)18-35-25(40)20-42-24-13-11-22(12-14-24)9-7-15-39(6-2)16-8-10-23(19-39)36-30(41)26-29(33-4)38-28(32)27(31)37-26;1-5-8-11(4)16-10-13(15)14-9-12(6-2)7-3;1-2;/h5,11-14,17,23H,1,3,6-10,15-16,18-20H2,2,4H3,(H4-,32,33,35,36,38,40,41);5-8H,1-2,9-10H2,3-4H3,(H,14,15);1H3;1H4/p+1/b;11-8+,12-7+;;. The van der Waals surface area contributed by atoms with Crippen molar-refractivity contribution in [2.45, 2.75) is 59.9 Å². The molecule has 1 aliphatic rings. The molecular weight excluding hydrogens is 817 g/mol. The molecule has 14 nitrogen and oxygen atoms in total. The Bertz CT molecular complexity index is 1820. The molecular formula is C45H68Cl2N9O5+. The molecule has 1 aliphatic heterocycles. The lowest BCUT2D eigenvalue weighted by atomic mass is 10.0. The average Bonchev–Trinajstić information content (AvgIpc) is 3.26. The Kier molecular flexibility index (Phi) is 28.6. The highest BCUT2D eigenvalue weighted by Gasteiger charge is 2.34. The number of likely N-dealkylation sites (tertiary alicyclic amines) is 1. The van der Waals surface area contributed by atoms with Crippen LogP contribution in [0.25, 0.3) is 0 Å². The Morgan fingerprint density at radius 3 is 2.34 bits per heavy atom. The predicted octanol–water partition coefficient (Wildman–Crippen LogP) is 7.21. The molecule has 1 aromatic heterocycles. The zero-order valence-electron chi connectivity index (χ0n) is 35.8. The van der Waals surface area contributed by atoms with Crippen LogP contribution < -0.4 is 31.7 Å². The number of carbonyl (C=O) groups is 3. The van der Waals surface area contributed by atoms with Gasteiger partial charge in [0.05, 0.1) is 38.0 Å². The first kappa shape index (κ1) is 55.6. The number of carbonyl (C=O) groups excluding carboxylic acids is 3. The van der Waals surface area contributed by atoms with E-state index < -0.39 is 0 Å². The number of halogens is 2. The van der Waals surface area contributed by atoms with Gasteiger partial charge in [-0.25, -0.2) is 9.97 Å². The minimum atomic E-state index is -0.307. The fourth-order valence-corrected chi connectivity index (χ4v) is 6.15. The number of aryl methyl sites for hydroxylation is 1. The van der Waals surface area contributed by atoms with Gasteiger partial charge in [0.15, 0.2) is 35.7 Å². The SMILES string of the molecule is C.C=C/C=C(\C)OCC(=O)NC/C(C=C)=C/C.C=CN=CC(=C)CNC(=O)COc1ccc(CCC[N+]2(CC)CCCC(NC(=O)c3nc(Cl)c(N)nc3NC)C2)cc1.CCl. The van der Waals surface area contributed by atoms with E-state index in [9.17, 15) is 14.4 Å². The van der Waals surface area contributed by atoms with Gasteiger partial charge in [0, 0.05) is 45.4 Å². The van der Waals surface area contributed by atoms with Crippen LogP contribution in [0.4, 0.5) is 11.6 Å². The molecule has 2 atom stereocenters. The van der Waals surface area contributed by atoms with Crippen molar-refractivity contribution in [2.75, 3.05) is 77.0 Å². The van der Waals surface area contributed by atoms with E-state index in [0.29, 0.717) is 36.0 Å². The Hall–Kier alpha value is -5.44. The van der Waals surface area contributed by atoms with Crippen LogP contribution in [-0.2, 0) is 20.7 Å². The highest BCUT2D eigenvalue weighted by molar-refractivity contribution is 6.31. The lowest BCUT2D eigenvalue weighted by molar-refractivity contribution is -0.932. The summed E-state index contributed by atoms with van der Waals surface area (Å²) >= 11 is 10.7. The van der Waals surface area contributed by atoms with E-state index in [1.165, 1.54) is 18.1 Å². The third-order valence-corrected chi connectivity index (χ3v) is 9.58. The van der Waals surface area contributed by atoms with Crippen LogP contribution in [0.3, 0.4) is 0 Å². The first-order valence-electron chi connectivity index (χ1n) is 19.6. The zero-order valence-corrected chi connectivity index (χ0v) is 37.3. The molecule has 0 aliphatic carbocycles. The number of nitrogens with zero attached hydrogens (tertiary/aromatic N) is 4. The number of ether oxygens (including phenoxy) is 2. The molecule has 1 fully saturated rings. The molecule has 61 heavy (non-hydrogen) atoms. The van der Waals surface area contributed by atoms with Gasteiger partial charge in [0.1, 0.15) is 5.75 Å². The molecule has 0 spiro atoms. The fraction of sp³-hybridized carbons (Fsp3) is 0.422. The highest BCUT2D eigenvalue weighted by Crippen LogP contribution is 2.23. The number of piperidine rings is 1. The average molecular weight is 886 g/mol. The lowest BCUT2D eigenvalue weighted by Gasteiger charge is -2.44. The summed E-state index contributed by atoms with van der Waals surface area (Å²) in [6, 6.07) is 7.88. The lowest BCUT2D eigenvalue weighted by Crippen LogP contribution is -2.59. The van der Waals surface area contributed by atoms with Gasteiger partial charge in [-0.3, -0.25) is 19.4 Å². The van der Waals surface area contributed by atoms with Crippen molar-refractivity contribution in [1.29, 1.82) is 0 Å². The molecule has 0 bridgehead atoms. The fourth-order valence-electron chi connectivity index (χ4n) is 6.03. The number of alkyl halides is 1. The molecule has 6 N–H and O–H groups in total. The van der Waals surface area contributed by atoms with Gasteiger partial charge in [-0.2, -0.15) is 0 Å². The van der Waals surface area contributed by atoms with Crippen LogP contribution in [0.5, 0.6) is 5.75 Å². The van der Waals surface area contributed by atoms with Gasteiger partial charge >= 0.3 is 0 Å². The largest absolute Gasteiger partial charge is 0.488 e. The molecule has 2 unspecified atom stereocenters. The molecule has 1 saturated heterocycles. The number of nitrogens with two attached hydrogens (primary N) is 1. The summed E-state index contributed by atoms with van der Waals surface area (Å²) in [5, 5.41) is 11.5. The van der Waals surface area contributed by atoms with E-state index in [-0.39, 0.29) is 61.1 Å². The summed E-state index contributed by atoms with van der Waals surface area (Å²) in [5.74, 6) is 0.996. The number of nitrogen functional groups attached to an aromatic ring is 1. The Morgan fingerprint density at radius 2 is 1.74 bits per heavy atom. The Labute approximate surface area is 373 Å². The molecule has 0 radical (unpaired) electrons. The van der Waals surface area contributed by atoms with Crippen molar-refractivity contribution in [2.24, 2.45) is 4.99 Å². The van der Waals surface area contributed by atoms with E-state index >= 15 is 0 Å². The molecule has 3 rings (SSSR count). The molecule has 1 aromatic carbocycles. The summed E-state index contributed by atoms with van der Waals surface area (Å²) in [4.78, 5) is 48.6. The molecule has 336 valence electrons. The number of likely N-dealkylation sites (N-methyl/N-ethyl adjacent to an activating group) is 1. The summed E-state index contributed by atoms with van der Waals surface area (Å²) in [7, 11) is 1.66. The van der Waals surface area contributed by atoms with Crippen molar-refractivity contribution in [3.8, 4) is 5.75 Å². The number of rotatable bonds is 22. The molecule has 0 saturated carbocycles. The summed E-state index contributed by atoms with van der Waals surface area (Å²) in [6.07, 6.45) is 15.2. The number of quaternary nitrogens is 1. The maximum absolute atomic E-state index is 13.1. The van der Waals surface area contributed by atoms with E-state index in [1.54, 1.807) is 38.4 Å². The van der Waals surface area contributed by atoms with Crippen LogP contribution in [0, 0.1) is 0 Å². The Balaban J connectivity index is 0.00000160. The van der Waals surface area contributed by atoms with Gasteiger partial charge in [0.25, 0.3) is 17.7 Å². The van der Waals surface area contributed by atoms with Gasteiger partial charge in [-0.05, 0) is 75.0 Å². The van der Waals surface area contributed by atoms with Crippen LogP contribution >= 0.6 is 23.2 Å². The number of aromatic nitrogens is 2. The number of hydrogen-bond acceptors (Lipinski definition) is 10. The molecule has 2 heterocycles. The monoisotopic (exact) mass is 884 g/mol. The van der Waals surface area contributed by atoms with Crippen LogP contribution in [-0.4, -0.2) is 110 Å². The first-order valence-corrected chi connectivity index (χ1v) is 20.8. The van der Waals surface area contributed by atoms with Gasteiger partial charge in [0.2, 0.25) is 0 Å². The topological polar surface area (TPSA) is 182 Å². The van der Waals surface area contributed by atoms with Gasteiger partial charge in [-0.15, -0.1) is 11.6 Å². The number of benzene rings is 1. The summed E-state index contributed by atoms with van der Waals surface area (Å²) < 4.78 is 11.7. The number of aliphatic imine (C=N–C) groups is 1. The van der Waals surface area contributed by atoms with Crippen LogP contribution in [0.2, 0.25) is 5.15 Å². The van der Waals surface area contributed by atoms with E-state index in [0.717, 1.165) is 61.9 Å². The van der Waals surface area contributed by atoms with Crippen molar-refractivity contribution in [1.82, 2.24) is 25.9 Å². The van der Waals surface area contributed by atoms with Crippen molar-refractivity contribution in [3.63, 3.8) is 0 Å². The Morgan fingerprint density at radius 1 is 1.07 bits per heavy atom. The van der Waals surface area contributed by atoms with E-state index in [4.69, 9.17) is 26.8 Å². The minimum Gasteiger partial charge on any atom is -0.488 e.